The van der Waals surface area contributed by atoms with Gasteiger partial charge in [0.2, 0.25) is 0 Å². The van der Waals surface area contributed by atoms with Gasteiger partial charge in [0.05, 0.1) is 6.10 Å². The molecule has 5 heteroatoms. The fourth-order valence-electron chi connectivity index (χ4n) is 2.89. The van der Waals surface area contributed by atoms with Crippen LogP contribution in [0.3, 0.4) is 0 Å². The Morgan fingerprint density at radius 3 is 2.43 bits per heavy atom. The molecule has 1 aliphatic carbocycles. The molecule has 1 aromatic rings. The van der Waals surface area contributed by atoms with Crippen LogP contribution in [-0.4, -0.2) is 34.3 Å². The number of rotatable bonds is 7. The van der Waals surface area contributed by atoms with Crippen LogP contribution in [0, 0.1) is 12.8 Å². The molecule has 0 bridgehead atoms. The van der Waals surface area contributed by atoms with Crippen LogP contribution >= 0.6 is 0 Å². The molecule has 0 amide bonds. The van der Waals surface area contributed by atoms with Crippen molar-refractivity contribution in [3.05, 3.63) is 11.4 Å². The molecule has 1 saturated carbocycles. The number of nitrogens with zero attached hydrogens (tertiary/aromatic N) is 2. The van der Waals surface area contributed by atoms with Gasteiger partial charge >= 0.3 is 0 Å². The third-order valence-corrected chi connectivity index (χ3v) is 4.08. The normalized spacial score (nSPS) is 21.5. The summed E-state index contributed by atoms with van der Waals surface area (Å²) in [5, 5.41) is 16.4. The van der Waals surface area contributed by atoms with E-state index in [9.17, 15) is 5.11 Å². The number of anilines is 2. The summed E-state index contributed by atoms with van der Waals surface area (Å²) in [6, 6.07) is 0. The maximum Gasteiger partial charge on any atom is 0.134 e. The quantitative estimate of drug-likeness (QED) is 0.721. The topological polar surface area (TPSA) is 70.1 Å². The summed E-state index contributed by atoms with van der Waals surface area (Å²) in [5.41, 5.74) is 1.08. The van der Waals surface area contributed by atoms with Crippen LogP contribution in [0.1, 0.15) is 50.9 Å². The smallest absolute Gasteiger partial charge is 0.134 e. The van der Waals surface area contributed by atoms with E-state index in [0.29, 0.717) is 5.92 Å². The van der Waals surface area contributed by atoms with Gasteiger partial charge in [-0.1, -0.05) is 6.92 Å². The molecule has 21 heavy (non-hydrogen) atoms. The third-order valence-electron chi connectivity index (χ3n) is 4.08. The predicted molar refractivity (Wildman–Crippen MR) is 86.8 cm³/mol. The second kappa shape index (κ2) is 7.59. The molecule has 0 spiro atoms. The Morgan fingerprint density at radius 2 is 1.86 bits per heavy atom. The largest absolute Gasteiger partial charge is 0.393 e. The summed E-state index contributed by atoms with van der Waals surface area (Å²) in [7, 11) is 0. The zero-order chi connectivity index (χ0) is 15.2. The SMILES string of the molecule is CCCc1nc(NCC)c(C)c(NCC2CCC(O)C2)n1. The molecule has 2 atom stereocenters. The second-order valence-corrected chi connectivity index (χ2v) is 5.96. The van der Waals surface area contributed by atoms with Crippen molar-refractivity contribution < 1.29 is 5.11 Å². The van der Waals surface area contributed by atoms with Crippen LogP contribution in [0.2, 0.25) is 0 Å². The first-order valence-corrected chi connectivity index (χ1v) is 8.17. The number of hydrogen-bond acceptors (Lipinski definition) is 5. The lowest BCUT2D eigenvalue weighted by Gasteiger charge is -2.16. The number of aliphatic hydroxyl groups excluding tert-OH is 1. The highest BCUT2D eigenvalue weighted by molar-refractivity contribution is 5.57. The molecule has 1 heterocycles. The third kappa shape index (κ3) is 4.30. The molecule has 2 unspecified atom stereocenters. The van der Waals surface area contributed by atoms with Gasteiger partial charge in [0, 0.05) is 25.1 Å². The van der Waals surface area contributed by atoms with Gasteiger partial charge in [-0.3, -0.25) is 0 Å². The standard InChI is InChI=1S/C16H28N4O/c1-4-6-14-19-15(17-5-2)11(3)16(20-14)18-10-12-7-8-13(21)9-12/h12-13,21H,4-10H2,1-3H3,(H2,17,18,19,20). The fourth-order valence-corrected chi connectivity index (χ4v) is 2.89. The van der Waals surface area contributed by atoms with E-state index in [2.05, 4.69) is 41.4 Å². The van der Waals surface area contributed by atoms with E-state index in [1.807, 2.05) is 0 Å². The lowest BCUT2D eigenvalue weighted by atomic mass is 10.1. The van der Waals surface area contributed by atoms with Crippen LogP contribution in [-0.2, 0) is 6.42 Å². The molecule has 1 aromatic heterocycles. The van der Waals surface area contributed by atoms with Gasteiger partial charge < -0.3 is 15.7 Å². The maximum atomic E-state index is 9.62. The van der Waals surface area contributed by atoms with Crippen molar-refractivity contribution in [3.8, 4) is 0 Å². The number of nitrogens with one attached hydrogen (secondary N) is 2. The van der Waals surface area contributed by atoms with Crippen molar-refractivity contribution in [2.24, 2.45) is 5.92 Å². The zero-order valence-corrected chi connectivity index (χ0v) is 13.4. The molecule has 0 aromatic carbocycles. The van der Waals surface area contributed by atoms with Crippen molar-refractivity contribution in [2.45, 2.75) is 59.0 Å². The Balaban J connectivity index is 2.08. The van der Waals surface area contributed by atoms with Gasteiger partial charge in [-0.15, -0.1) is 0 Å². The minimum atomic E-state index is -0.115. The van der Waals surface area contributed by atoms with E-state index < -0.39 is 0 Å². The molecular weight excluding hydrogens is 264 g/mol. The van der Waals surface area contributed by atoms with Crippen molar-refractivity contribution in [3.63, 3.8) is 0 Å². The van der Waals surface area contributed by atoms with Gasteiger partial charge in [0.25, 0.3) is 0 Å². The summed E-state index contributed by atoms with van der Waals surface area (Å²) in [6.07, 6.45) is 4.76. The minimum absolute atomic E-state index is 0.115. The van der Waals surface area contributed by atoms with E-state index in [-0.39, 0.29) is 6.10 Å². The van der Waals surface area contributed by atoms with Gasteiger partial charge in [-0.05, 0) is 45.4 Å². The summed E-state index contributed by atoms with van der Waals surface area (Å²) >= 11 is 0. The maximum absolute atomic E-state index is 9.62. The van der Waals surface area contributed by atoms with E-state index in [1.165, 1.54) is 0 Å². The first-order valence-electron chi connectivity index (χ1n) is 8.17. The predicted octanol–water partition coefficient (Wildman–Crippen LogP) is 2.74. The lowest BCUT2D eigenvalue weighted by molar-refractivity contribution is 0.178. The van der Waals surface area contributed by atoms with Gasteiger partial charge in [-0.2, -0.15) is 0 Å². The van der Waals surface area contributed by atoms with Crippen molar-refractivity contribution in [1.29, 1.82) is 0 Å². The Bertz CT molecular complexity index is 464. The summed E-state index contributed by atoms with van der Waals surface area (Å²) < 4.78 is 0. The summed E-state index contributed by atoms with van der Waals surface area (Å²) in [5.74, 6) is 3.32. The second-order valence-electron chi connectivity index (χ2n) is 5.96. The lowest BCUT2D eigenvalue weighted by Crippen LogP contribution is -2.16. The first kappa shape index (κ1) is 16.0. The summed E-state index contributed by atoms with van der Waals surface area (Å²) in [6.45, 7) is 8.01. The van der Waals surface area contributed by atoms with Crippen molar-refractivity contribution in [2.75, 3.05) is 23.7 Å². The highest BCUT2D eigenvalue weighted by Gasteiger charge is 2.23. The molecular formula is C16H28N4O. The van der Waals surface area contributed by atoms with Crippen molar-refractivity contribution in [1.82, 2.24) is 9.97 Å². The molecule has 0 saturated heterocycles. The first-order chi connectivity index (χ1) is 10.1. The number of aliphatic hydroxyl groups is 1. The van der Waals surface area contributed by atoms with Crippen LogP contribution < -0.4 is 10.6 Å². The van der Waals surface area contributed by atoms with E-state index in [4.69, 9.17) is 0 Å². The number of aryl methyl sites for hydroxylation is 1. The summed E-state index contributed by atoms with van der Waals surface area (Å²) in [4.78, 5) is 9.26. The Morgan fingerprint density at radius 1 is 1.14 bits per heavy atom. The highest BCUT2D eigenvalue weighted by atomic mass is 16.3. The molecule has 3 N–H and O–H groups in total. The van der Waals surface area contributed by atoms with Crippen LogP contribution in [0.15, 0.2) is 0 Å². The average molecular weight is 292 g/mol. The minimum Gasteiger partial charge on any atom is -0.393 e. The molecule has 118 valence electrons. The highest BCUT2D eigenvalue weighted by Crippen LogP contribution is 2.27. The van der Waals surface area contributed by atoms with Crippen molar-refractivity contribution >= 4 is 11.6 Å². The molecule has 0 aliphatic heterocycles. The van der Waals surface area contributed by atoms with Gasteiger partial charge in [-0.25, -0.2) is 9.97 Å². The molecule has 5 nitrogen and oxygen atoms in total. The fraction of sp³-hybridized carbons (Fsp3) is 0.750. The Kier molecular flexibility index (Phi) is 5.79. The van der Waals surface area contributed by atoms with Gasteiger partial charge in [0.15, 0.2) is 0 Å². The monoisotopic (exact) mass is 292 g/mol. The van der Waals surface area contributed by atoms with E-state index in [1.54, 1.807) is 0 Å². The average Bonchev–Trinajstić information content (AvgIpc) is 2.87. The molecule has 1 fully saturated rings. The molecule has 2 rings (SSSR count). The Labute approximate surface area is 127 Å². The van der Waals surface area contributed by atoms with E-state index in [0.717, 1.165) is 68.2 Å². The van der Waals surface area contributed by atoms with Crippen LogP contribution in [0.4, 0.5) is 11.6 Å². The molecule has 1 aliphatic rings. The van der Waals surface area contributed by atoms with E-state index >= 15 is 0 Å². The van der Waals surface area contributed by atoms with Gasteiger partial charge in [0.1, 0.15) is 17.5 Å². The van der Waals surface area contributed by atoms with Crippen LogP contribution in [0.5, 0.6) is 0 Å². The molecule has 0 radical (unpaired) electrons. The Hall–Kier alpha value is -1.36. The zero-order valence-electron chi connectivity index (χ0n) is 13.4. The number of aromatic nitrogens is 2. The van der Waals surface area contributed by atoms with Crippen LogP contribution in [0.25, 0.3) is 0 Å². The number of hydrogen-bond donors (Lipinski definition) is 3.